The third kappa shape index (κ3) is 0.817. The molecule has 0 nitrogen and oxygen atoms in total. The van der Waals surface area contributed by atoms with Crippen LogP contribution in [0.5, 0.6) is 0 Å². The molecule has 0 aliphatic heterocycles. The van der Waals surface area contributed by atoms with Gasteiger partial charge in [0.25, 0.3) is 0 Å². The molecule has 0 saturated heterocycles. The van der Waals surface area contributed by atoms with Crippen LogP contribution in [0.15, 0.2) is 12.2 Å². The van der Waals surface area contributed by atoms with E-state index in [1.54, 1.807) is 0 Å². The van der Waals surface area contributed by atoms with Gasteiger partial charge in [-0.2, -0.15) is 0 Å². The van der Waals surface area contributed by atoms with Crippen molar-refractivity contribution in [3.8, 4) is 0 Å². The molecule has 0 radical (unpaired) electrons. The van der Waals surface area contributed by atoms with Crippen molar-refractivity contribution >= 4 is 0 Å². The van der Waals surface area contributed by atoms with Crippen molar-refractivity contribution in [3.63, 3.8) is 0 Å². The van der Waals surface area contributed by atoms with Gasteiger partial charge in [-0.1, -0.05) is 31.9 Å². The third-order valence-corrected chi connectivity index (χ3v) is 3.21. The van der Waals surface area contributed by atoms with Gasteiger partial charge in [0, 0.05) is 0 Å². The van der Waals surface area contributed by atoms with Gasteiger partial charge in [-0.25, -0.2) is 0 Å². The van der Waals surface area contributed by atoms with Gasteiger partial charge in [0.1, 0.15) is 0 Å². The van der Waals surface area contributed by atoms with Crippen LogP contribution < -0.4 is 0 Å². The van der Waals surface area contributed by atoms with E-state index in [2.05, 4.69) is 19.1 Å². The zero-order chi connectivity index (χ0) is 7.03. The Labute approximate surface area is 63.3 Å². The first kappa shape index (κ1) is 6.45. The fourth-order valence-corrected chi connectivity index (χ4v) is 2.41. The van der Waals surface area contributed by atoms with E-state index in [1.165, 1.54) is 32.1 Å². The number of rotatable bonds is 2. The van der Waals surface area contributed by atoms with E-state index in [9.17, 15) is 0 Å². The molecule has 56 valence electrons. The molecule has 10 heavy (non-hydrogen) atoms. The lowest BCUT2D eigenvalue weighted by Gasteiger charge is -2.05. The van der Waals surface area contributed by atoms with Crippen LogP contribution in [-0.2, 0) is 0 Å². The van der Waals surface area contributed by atoms with Gasteiger partial charge < -0.3 is 0 Å². The highest BCUT2D eigenvalue weighted by molar-refractivity contribution is 5.14. The van der Waals surface area contributed by atoms with Crippen LogP contribution in [0.25, 0.3) is 0 Å². The molecule has 0 N–H and O–H groups in total. The zero-order valence-corrected chi connectivity index (χ0v) is 6.77. The normalized spacial score (nSPS) is 33.5. The van der Waals surface area contributed by atoms with Crippen LogP contribution in [-0.4, -0.2) is 0 Å². The van der Waals surface area contributed by atoms with Crippen LogP contribution in [0.4, 0.5) is 0 Å². The second-order valence-corrected chi connectivity index (χ2v) is 3.93. The molecule has 0 aromatic carbocycles. The highest BCUT2D eigenvalue weighted by Gasteiger charge is 2.52. The summed E-state index contributed by atoms with van der Waals surface area (Å²) in [5, 5.41) is 0. The summed E-state index contributed by atoms with van der Waals surface area (Å²) in [5.74, 6) is 1.09. The fourth-order valence-electron chi connectivity index (χ4n) is 2.41. The number of hydrogen-bond donors (Lipinski definition) is 0. The van der Waals surface area contributed by atoms with Crippen molar-refractivity contribution in [1.82, 2.24) is 0 Å². The summed E-state index contributed by atoms with van der Waals surface area (Å²) in [6.45, 7) is 2.30. The summed E-state index contributed by atoms with van der Waals surface area (Å²) in [6, 6.07) is 0. The van der Waals surface area contributed by atoms with E-state index in [0.717, 1.165) is 11.3 Å². The van der Waals surface area contributed by atoms with Crippen LogP contribution in [0, 0.1) is 11.3 Å². The Balaban J connectivity index is 1.87. The standard InChI is InChI=1S/C10H16/c1-2-5-9-8-10(9)6-3-4-7-10/h3-4,9H,2,5-8H2,1H3. The molecule has 0 amide bonds. The van der Waals surface area contributed by atoms with Gasteiger partial charge in [-0.3, -0.25) is 0 Å². The fraction of sp³-hybridized carbons (Fsp3) is 0.800. The third-order valence-electron chi connectivity index (χ3n) is 3.21. The Kier molecular flexibility index (Phi) is 1.36. The largest absolute Gasteiger partial charge is 0.0879 e. The van der Waals surface area contributed by atoms with Gasteiger partial charge in [0.15, 0.2) is 0 Å². The molecular formula is C10H16. The van der Waals surface area contributed by atoms with Gasteiger partial charge in [-0.05, 0) is 30.6 Å². The number of allylic oxidation sites excluding steroid dienone is 2. The summed E-state index contributed by atoms with van der Waals surface area (Å²) in [5.41, 5.74) is 0.802. The predicted octanol–water partition coefficient (Wildman–Crippen LogP) is 3.14. The highest BCUT2D eigenvalue weighted by atomic mass is 14.6. The van der Waals surface area contributed by atoms with Gasteiger partial charge in [0.05, 0.1) is 0 Å². The average molecular weight is 136 g/mol. The van der Waals surface area contributed by atoms with Crippen LogP contribution >= 0.6 is 0 Å². The minimum Gasteiger partial charge on any atom is -0.0879 e. The SMILES string of the molecule is CCCC1CC12CC=CC2. The molecule has 2 rings (SSSR count). The maximum Gasteiger partial charge on any atom is -0.0197 e. The molecule has 0 aromatic rings. The smallest absolute Gasteiger partial charge is 0.0197 e. The molecule has 0 heterocycles. The van der Waals surface area contributed by atoms with E-state index in [4.69, 9.17) is 0 Å². The molecule has 1 spiro atoms. The van der Waals surface area contributed by atoms with Crippen LogP contribution in [0.3, 0.4) is 0 Å². The van der Waals surface area contributed by atoms with Crippen molar-refractivity contribution in [2.24, 2.45) is 11.3 Å². The minimum absolute atomic E-state index is 0.802. The van der Waals surface area contributed by atoms with E-state index in [1.807, 2.05) is 0 Å². The summed E-state index contributed by atoms with van der Waals surface area (Å²) >= 11 is 0. The Morgan fingerprint density at radius 3 is 2.70 bits per heavy atom. The van der Waals surface area contributed by atoms with E-state index < -0.39 is 0 Å². The molecule has 0 bridgehead atoms. The lowest BCUT2D eigenvalue weighted by Crippen LogP contribution is -1.96. The molecular weight excluding hydrogens is 120 g/mol. The molecule has 1 atom stereocenters. The lowest BCUT2D eigenvalue weighted by atomic mass is 9.99. The van der Waals surface area contributed by atoms with Crippen LogP contribution in [0.1, 0.15) is 39.0 Å². The molecule has 2 aliphatic rings. The molecule has 1 unspecified atom stereocenters. The molecule has 2 aliphatic carbocycles. The lowest BCUT2D eigenvalue weighted by molar-refractivity contribution is 0.469. The Hall–Kier alpha value is -0.260. The van der Waals surface area contributed by atoms with Crippen molar-refractivity contribution in [2.45, 2.75) is 39.0 Å². The maximum atomic E-state index is 2.37. The van der Waals surface area contributed by atoms with Gasteiger partial charge in [0.2, 0.25) is 0 Å². The summed E-state index contributed by atoms with van der Waals surface area (Å²) in [6.07, 6.45) is 11.9. The van der Waals surface area contributed by atoms with Crippen LogP contribution in [0.2, 0.25) is 0 Å². The van der Waals surface area contributed by atoms with E-state index in [-0.39, 0.29) is 0 Å². The molecule has 1 fully saturated rings. The van der Waals surface area contributed by atoms with Crippen molar-refractivity contribution in [1.29, 1.82) is 0 Å². The Morgan fingerprint density at radius 1 is 1.40 bits per heavy atom. The maximum absolute atomic E-state index is 2.37. The second-order valence-electron chi connectivity index (χ2n) is 3.93. The zero-order valence-electron chi connectivity index (χ0n) is 6.77. The van der Waals surface area contributed by atoms with E-state index in [0.29, 0.717) is 0 Å². The van der Waals surface area contributed by atoms with Gasteiger partial charge in [-0.15, -0.1) is 0 Å². The Bertz CT molecular complexity index is 147. The van der Waals surface area contributed by atoms with Crippen molar-refractivity contribution < 1.29 is 0 Å². The van der Waals surface area contributed by atoms with Crippen molar-refractivity contribution in [2.75, 3.05) is 0 Å². The Morgan fingerprint density at radius 2 is 2.10 bits per heavy atom. The monoisotopic (exact) mass is 136 g/mol. The summed E-state index contributed by atoms with van der Waals surface area (Å²) < 4.78 is 0. The summed E-state index contributed by atoms with van der Waals surface area (Å²) in [4.78, 5) is 0. The van der Waals surface area contributed by atoms with E-state index >= 15 is 0 Å². The topological polar surface area (TPSA) is 0 Å². The molecule has 0 aromatic heterocycles. The first-order valence-electron chi connectivity index (χ1n) is 4.52. The second kappa shape index (κ2) is 2.11. The summed E-state index contributed by atoms with van der Waals surface area (Å²) in [7, 11) is 0. The minimum atomic E-state index is 0.802. The highest BCUT2D eigenvalue weighted by Crippen LogP contribution is 2.62. The first-order valence-corrected chi connectivity index (χ1v) is 4.52. The first-order chi connectivity index (χ1) is 4.87. The molecule has 1 saturated carbocycles. The predicted molar refractivity (Wildman–Crippen MR) is 43.8 cm³/mol. The quantitative estimate of drug-likeness (QED) is 0.511. The number of hydrogen-bond acceptors (Lipinski definition) is 0. The van der Waals surface area contributed by atoms with Crippen molar-refractivity contribution in [3.05, 3.63) is 12.2 Å². The average Bonchev–Trinajstić information content (AvgIpc) is 2.43. The van der Waals surface area contributed by atoms with Gasteiger partial charge >= 0.3 is 0 Å². The molecule has 0 heteroatoms.